The van der Waals surface area contributed by atoms with E-state index in [1.165, 1.54) is 4.31 Å². The number of aromatic nitrogens is 1. The van der Waals surface area contributed by atoms with Crippen molar-refractivity contribution in [2.24, 2.45) is 0 Å². The molecule has 0 N–H and O–H groups in total. The van der Waals surface area contributed by atoms with Crippen molar-refractivity contribution in [3.05, 3.63) is 11.5 Å². The predicted octanol–water partition coefficient (Wildman–Crippen LogP) is 1.84. The lowest BCUT2D eigenvalue weighted by Gasteiger charge is -2.28. The third kappa shape index (κ3) is 2.41. The van der Waals surface area contributed by atoms with Gasteiger partial charge in [0.15, 0.2) is 5.76 Å². The van der Waals surface area contributed by atoms with Gasteiger partial charge in [-0.3, -0.25) is 0 Å². The molecule has 1 aliphatic rings. The molecule has 1 aliphatic heterocycles. The summed E-state index contributed by atoms with van der Waals surface area (Å²) in [6, 6.07) is 0. The minimum Gasteiger partial charge on any atom is -0.360 e. The van der Waals surface area contributed by atoms with Crippen LogP contribution in [0.2, 0.25) is 0 Å². The van der Waals surface area contributed by atoms with Crippen LogP contribution in [0.5, 0.6) is 0 Å². The SMILES string of the molecule is Cc1noc(C)c1S(=O)(=O)N1CCCC(Br)C1. The molecule has 0 aliphatic carbocycles. The lowest BCUT2D eigenvalue weighted by atomic mass is 10.2. The first-order chi connectivity index (χ1) is 7.93. The van der Waals surface area contributed by atoms with Crippen molar-refractivity contribution in [1.82, 2.24) is 9.46 Å². The largest absolute Gasteiger partial charge is 0.360 e. The molecular formula is C10H15BrN2O3S. The van der Waals surface area contributed by atoms with Crippen LogP contribution in [0, 0.1) is 13.8 Å². The van der Waals surface area contributed by atoms with E-state index in [0.29, 0.717) is 24.5 Å². The van der Waals surface area contributed by atoms with Crippen molar-refractivity contribution in [1.29, 1.82) is 0 Å². The maximum absolute atomic E-state index is 12.4. The number of piperidine rings is 1. The van der Waals surface area contributed by atoms with Gasteiger partial charge in [-0.1, -0.05) is 21.1 Å². The summed E-state index contributed by atoms with van der Waals surface area (Å²) in [5.74, 6) is 0.360. The van der Waals surface area contributed by atoms with E-state index in [1.54, 1.807) is 13.8 Å². The molecule has 7 heteroatoms. The smallest absolute Gasteiger partial charge is 0.248 e. The molecule has 0 bridgehead atoms. The van der Waals surface area contributed by atoms with E-state index in [4.69, 9.17) is 4.52 Å². The molecule has 1 aromatic heterocycles. The second kappa shape index (κ2) is 4.70. The quantitative estimate of drug-likeness (QED) is 0.779. The summed E-state index contributed by atoms with van der Waals surface area (Å²) in [4.78, 5) is 0.450. The molecule has 0 amide bonds. The van der Waals surface area contributed by atoms with Gasteiger partial charge in [0.05, 0.1) is 0 Å². The summed E-state index contributed by atoms with van der Waals surface area (Å²) in [7, 11) is -3.47. The molecule has 1 atom stereocenters. The van der Waals surface area contributed by atoms with Gasteiger partial charge < -0.3 is 4.52 Å². The van der Waals surface area contributed by atoms with Crippen LogP contribution in [-0.4, -0.2) is 35.8 Å². The van der Waals surface area contributed by atoms with Gasteiger partial charge in [0.1, 0.15) is 10.6 Å². The molecule has 0 spiro atoms. The highest BCUT2D eigenvalue weighted by molar-refractivity contribution is 9.09. The Morgan fingerprint density at radius 3 is 2.71 bits per heavy atom. The summed E-state index contributed by atoms with van der Waals surface area (Å²) in [5.41, 5.74) is 0.430. The highest BCUT2D eigenvalue weighted by Gasteiger charge is 2.33. The molecule has 2 heterocycles. The molecule has 2 rings (SSSR count). The fourth-order valence-electron chi connectivity index (χ4n) is 2.08. The first-order valence-corrected chi connectivity index (χ1v) is 7.85. The first kappa shape index (κ1) is 13.0. The van der Waals surface area contributed by atoms with E-state index in [1.807, 2.05) is 0 Å². The summed E-state index contributed by atoms with van der Waals surface area (Å²) >= 11 is 3.48. The molecule has 17 heavy (non-hydrogen) atoms. The number of nitrogens with zero attached hydrogens (tertiary/aromatic N) is 2. The Morgan fingerprint density at radius 2 is 2.18 bits per heavy atom. The van der Waals surface area contributed by atoms with Gasteiger partial charge in [-0.25, -0.2) is 8.42 Å². The van der Waals surface area contributed by atoms with Crippen molar-refractivity contribution in [3.63, 3.8) is 0 Å². The number of halogens is 1. The monoisotopic (exact) mass is 322 g/mol. The molecule has 0 aromatic carbocycles. The number of rotatable bonds is 2. The van der Waals surface area contributed by atoms with Crippen molar-refractivity contribution >= 4 is 26.0 Å². The molecule has 0 saturated carbocycles. The van der Waals surface area contributed by atoms with Crippen molar-refractivity contribution < 1.29 is 12.9 Å². The molecule has 1 unspecified atom stereocenters. The highest BCUT2D eigenvalue weighted by Crippen LogP contribution is 2.27. The van der Waals surface area contributed by atoms with Crippen LogP contribution in [-0.2, 0) is 10.0 Å². The van der Waals surface area contributed by atoms with Crippen LogP contribution in [0.15, 0.2) is 9.42 Å². The zero-order valence-corrected chi connectivity index (χ0v) is 12.2. The topological polar surface area (TPSA) is 63.4 Å². The van der Waals surface area contributed by atoms with Crippen molar-refractivity contribution in [2.45, 2.75) is 36.4 Å². The van der Waals surface area contributed by atoms with Gasteiger partial charge in [0.2, 0.25) is 10.0 Å². The summed E-state index contributed by atoms with van der Waals surface area (Å²) in [5, 5.41) is 3.70. The van der Waals surface area contributed by atoms with Gasteiger partial charge in [-0.2, -0.15) is 4.31 Å². The molecule has 96 valence electrons. The number of hydrogen-bond acceptors (Lipinski definition) is 4. The summed E-state index contributed by atoms with van der Waals surface area (Å²) < 4.78 is 31.3. The Bertz CT molecular complexity index is 492. The Labute approximate surface area is 109 Å². The van der Waals surface area contributed by atoms with Crippen molar-refractivity contribution in [3.8, 4) is 0 Å². The van der Waals surface area contributed by atoms with Gasteiger partial charge >= 0.3 is 0 Å². The van der Waals surface area contributed by atoms with E-state index in [0.717, 1.165) is 12.8 Å². The molecule has 0 radical (unpaired) electrons. The molecule has 1 aromatic rings. The summed E-state index contributed by atoms with van der Waals surface area (Å²) in [6.07, 6.45) is 1.88. The Kier molecular flexibility index (Phi) is 3.61. The van der Waals surface area contributed by atoms with Gasteiger partial charge in [-0.15, -0.1) is 0 Å². The number of sulfonamides is 1. The van der Waals surface area contributed by atoms with Crippen LogP contribution in [0.3, 0.4) is 0 Å². The number of aryl methyl sites for hydroxylation is 2. The third-order valence-corrected chi connectivity index (χ3v) is 5.75. The van der Waals surface area contributed by atoms with Gasteiger partial charge in [-0.05, 0) is 26.7 Å². The van der Waals surface area contributed by atoms with E-state index < -0.39 is 10.0 Å². The molecule has 1 saturated heterocycles. The fraction of sp³-hybridized carbons (Fsp3) is 0.700. The average molecular weight is 323 g/mol. The maximum Gasteiger partial charge on any atom is 0.248 e. The molecular weight excluding hydrogens is 308 g/mol. The van der Waals surface area contributed by atoms with Crippen LogP contribution >= 0.6 is 15.9 Å². The Balaban J connectivity index is 2.36. The highest BCUT2D eigenvalue weighted by atomic mass is 79.9. The summed E-state index contributed by atoms with van der Waals surface area (Å²) in [6.45, 7) is 4.35. The molecule has 1 fully saturated rings. The average Bonchev–Trinajstić information content (AvgIpc) is 2.59. The predicted molar refractivity (Wildman–Crippen MR) is 66.7 cm³/mol. The van der Waals surface area contributed by atoms with Gasteiger partial charge in [0.25, 0.3) is 0 Å². The minimum absolute atomic E-state index is 0.221. The number of hydrogen-bond donors (Lipinski definition) is 0. The minimum atomic E-state index is -3.47. The number of alkyl halides is 1. The second-order valence-corrected chi connectivity index (χ2v) is 7.43. The molecule has 5 nitrogen and oxygen atoms in total. The van der Waals surface area contributed by atoms with Gasteiger partial charge in [0, 0.05) is 17.9 Å². The van der Waals surface area contributed by atoms with E-state index in [9.17, 15) is 8.42 Å². The standard InChI is InChI=1S/C10H15BrN2O3S/c1-7-10(8(2)16-12-7)17(14,15)13-5-3-4-9(11)6-13/h9H,3-6H2,1-2H3. The van der Waals surface area contributed by atoms with Crippen LogP contribution in [0.4, 0.5) is 0 Å². The van der Waals surface area contributed by atoms with Crippen molar-refractivity contribution in [2.75, 3.05) is 13.1 Å². The zero-order chi connectivity index (χ0) is 12.6. The normalized spacial score (nSPS) is 22.9. The first-order valence-electron chi connectivity index (χ1n) is 5.50. The van der Waals surface area contributed by atoms with Crippen LogP contribution in [0.25, 0.3) is 0 Å². The van der Waals surface area contributed by atoms with Crippen LogP contribution in [0.1, 0.15) is 24.3 Å². The van der Waals surface area contributed by atoms with Crippen LogP contribution < -0.4 is 0 Å². The Morgan fingerprint density at radius 1 is 1.47 bits per heavy atom. The Hall–Kier alpha value is -0.400. The maximum atomic E-state index is 12.4. The van der Waals surface area contributed by atoms with E-state index in [2.05, 4.69) is 21.1 Å². The zero-order valence-electron chi connectivity index (χ0n) is 9.81. The third-order valence-electron chi connectivity index (χ3n) is 2.89. The second-order valence-electron chi connectivity index (χ2n) is 4.26. The fourth-order valence-corrected chi connectivity index (χ4v) is 4.76. The van der Waals surface area contributed by atoms with E-state index >= 15 is 0 Å². The lowest BCUT2D eigenvalue weighted by molar-refractivity contribution is 0.354. The lowest BCUT2D eigenvalue weighted by Crippen LogP contribution is -2.40. The van der Waals surface area contributed by atoms with E-state index in [-0.39, 0.29) is 9.72 Å².